The SMILES string of the molecule is O=C(C1CCCCN1CO)C(F)(F)F. The maximum Gasteiger partial charge on any atom is 0.451 e. The molecule has 0 amide bonds. The van der Waals surface area contributed by atoms with Gasteiger partial charge in [0.15, 0.2) is 0 Å². The number of carbonyl (C=O) groups excluding carboxylic acids is 1. The van der Waals surface area contributed by atoms with Crippen molar-refractivity contribution >= 4 is 5.78 Å². The van der Waals surface area contributed by atoms with E-state index in [1.165, 1.54) is 4.90 Å². The van der Waals surface area contributed by atoms with E-state index < -0.39 is 24.7 Å². The second-order valence-electron chi connectivity index (χ2n) is 3.33. The van der Waals surface area contributed by atoms with Crippen molar-refractivity contribution in [3.63, 3.8) is 0 Å². The fourth-order valence-electron chi connectivity index (χ4n) is 1.65. The quantitative estimate of drug-likeness (QED) is 0.738. The molecule has 1 aliphatic heterocycles. The zero-order valence-electron chi connectivity index (χ0n) is 7.55. The molecule has 1 rings (SSSR count). The number of ketones is 1. The van der Waals surface area contributed by atoms with Crippen LogP contribution < -0.4 is 0 Å². The third kappa shape index (κ3) is 2.45. The molecule has 0 radical (unpaired) electrons. The topological polar surface area (TPSA) is 40.5 Å². The van der Waals surface area contributed by atoms with Gasteiger partial charge in [-0.2, -0.15) is 13.2 Å². The van der Waals surface area contributed by atoms with Gasteiger partial charge in [0.1, 0.15) is 0 Å². The number of likely N-dealkylation sites (tertiary alicyclic amines) is 1. The molecule has 0 aromatic heterocycles. The van der Waals surface area contributed by atoms with E-state index in [9.17, 15) is 18.0 Å². The highest BCUT2D eigenvalue weighted by Crippen LogP contribution is 2.25. The van der Waals surface area contributed by atoms with Crippen molar-refractivity contribution in [2.45, 2.75) is 31.5 Å². The molecule has 6 heteroatoms. The molecule has 0 aliphatic carbocycles. The number of alkyl halides is 3. The number of aliphatic hydroxyl groups excluding tert-OH is 1. The minimum atomic E-state index is -4.80. The fourth-order valence-corrected chi connectivity index (χ4v) is 1.65. The second kappa shape index (κ2) is 4.27. The van der Waals surface area contributed by atoms with Crippen LogP contribution in [-0.2, 0) is 4.79 Å². The summed E-state index contributed by atoms with van der Waals surface area (Å²) >= 11 is 0. The Morgan fingerprint density at radius 1 is 1.43 bits per heavy atom. The first-order chi connectivity index (χ1) is 6.46. The molecule has 1 fully saturated rings. The Labute approximate surface area is 79.5 Å². The summed E-state index contributed by atoms with van der Waals surface area (Å²) in [5.41, 5.74) is 0. The van der Waals surface area contributed by atoms with E-state index >= 15 is 0 Å². The summed E-state index contributed by atoms with van der Waals surface area (Å²) < 4.78 is 36.3. The number of piperidine rings is 1. The molecule has 1 N–H and O–H groups in total. The van der Waals surface area contributed by atoms with Gasteiger partial charge in [-0.05, 0) is 12.8 Å². The van der Waals surface area contributed by atoms with E-state index in [2.05, 4.69) is 0 Å². The summed E-state index contributed by atoms with van der Waals surface area (Å²) in [5, 5.41) is 8.78. The van der Waals surface area contributed by atoms with Crippen molar-refractivity contribution in [1.29, 1.82) is 0 Å². The Balaban J connectivity index is 2.69. The number of rotatable bonds is 2. The van der Waals surface area contributed by atoms with Crippen molar-refractivity contribution in [2.24, 2.45) is 0 Å². The highest BCUT2D eigenvalue weighted by Gasteiger charge is 2.45. The van der Waals surface area contributed by atoms with Crippen molar-refractivity contribution in [3.8, 4) is 0 Å². The molecule has 1 aliphatic rings. The molecule has 14 heavy (non-hydrogen) atoms. The molecule has 1 unspecified atom stereocenters. The molecular weight excluding hydrogens is 199 g/mol. The Bertz CT molecular complexity index is 217. The molecule has 0 aromatic carbocycles. The van der Waals surface area contributed by atoms with E-state index in [1.54, 1.807) is 0 Å². The predicted molar refractivity (Wildman–Crippen MR) is 42.5 cm³/mol. The summed E-state index contributed by atoms with van der Waals surface area (Å²) in [7, 11) is 0. The first-order valence-corrected chi connectivity index (χ1v) is 4.42. The van der Waals surface area contributed by atoms with E-state index in [-0.39, 0.29) is 6.42 Å². The molecule has 0 spiro atoms. The van der Waals surface area contributed by atoms with Gasteiger partial charge < -0.3 is 5.11 Å². The minimum absolute atomic E-state index is 0.179. The predicted octanol–water partition coefficient (Wildman–Crippen LogP) is 0.922. The largest absolute Gasteiger partial charge is 0.451 e. The van der Waals surface area contributed by atoms with Gasteiger partial charge in [-0.3, -0.25) is 9.69 Å². The normalized spacial score (nSPS) is 25.0. The third-order valence-electron chi connectivity index (χ3n) is 2.38. The Morgan fingerprint density at radius 3 is 2.57 bits per heavy atom. The van der Waals surface area contributed by atoms with Crippen molar-refractivity contribution in [3.05, 3.63) is 0 Å². The van der Waals surface area contributed by atoms with Crippen LogP contribution in [0.1, 0.15) is 19.3 Å². The summed E-state index contributed by atoms with van der Waals surface area (Å²) in [5.74, 6) is -1.74. The second-order valence-corrected chi connectivity index (χ2v) is 3.33. The summed E-state index contributed by atoms with van der Waals surface area (Å²) in [6.45, 7) is -0.143. The Morgan fingerprint density at radius 2 is 2.07 bits per heavy atom. The van der Waals surface area contributed by atoms with Gasteiger partial charge >= 0.3 is 6.18 Å². The molecule has 1 atom stereocenters. The standard InChI is InChI=1S/C8H12F3NO2/c9-8(10,11)7(14)6-3-1-2-4-12(6)5-13/h6,13H,1-5H2. The van der Waals surface area contributed by atoms with Crippen LogP contribution in [0.15, 0.2) is 0 Å². The van der Waals surface area contributed by atoms with Crippen LogP contribution in [0.4, 0.5) is 13.2 Å². The van der Waals surface area contributed by atoms with E-state index in [1.807, 2.05) is 0 Å². The van der Waals surface area contributed by atoms with Crippen LogP contribution >= 0.6 is 0 Å². The average Bonchev–Trinajstić information content (AvgIpc) is 2.15. The monoisotopic (exact) mass is 211 g/mol. The van der Waals surface area contributed by atoms with Crippen LogP contribution in [0.25, 0.3) is 0 Å². The first kappa shape index (κ1) is 11.5. The third-order valence-corrected chi connectivity index (χ3v) is 2.38. The summed E-state index contributed by atoms with van der Waals surface area (Å²) in [6, 6.07) is -1.19. The van der Waals surface area contributed by atoms with Gasteiger partial charge in [0.25, 0.3) is 5.78 Å². The number of Topliss-reactive ketones (excluding diaryl/α,β-unsaturated/α-hetero) is 1. The van der Waals surface area contributed by atoms with Crippen LogP contribution in [0.2, 0.25) is 0 Å². The van der Waals surface area contributed by atoms with Crippen LogP contribution in [0.3, 0.4) is 0 Å². The van der Waals surface area contributed by atoms with Gasteiger partial charge in [0, 0.05) is 6.54 Å². The molecular formula is C8H12F3NO2. The van der Waals surface area contributed by atoms with Crippen LogP contribution in [0, 0.1) is 0 Å². The van der Waals surface area contributed by atoms with Gasteiger partial charge in [0.2, 0.25) is 0 Å². The smallest absolute Gasteiger partial charge is 0.381 e. The van der Waals surface area contributed by atoms with Gasteiger partial charge in [-0.25, -0.2) is 0 Å². The number of hydrogen-bond acceptors (Lipinski definition) is 3. The summed E-state index contributed by atoms with van der Waals surface area (Å²) in [4.78, 5) is 12.1. The Hall–Kier alpha value is -0.620. The minimum Gasteiger partial charge on any atom is -0.381 e. The van der Waals surface area contributed by atoms with E-state index in [0.717, 1.165) is 6.42 Å². The number of halogens is 3. The van der Waals surface area contributed by atoms with Crippen molar-refractivity contribution in [2.75, 3.05) is 13.3 Å². The maximum atomic E-state index is 12.1. The lowest BCUT2D eigenvalue weighted by molar-refractivity contribution is -0.179. The lowest BCUT2D eigenvalue weighted by Crippen LogP contribution is -2.49. The molecule has 1 saturated heterocycles. The van der Waals surface area contributed by atoms with Gasteiger partial charge in [-0.1, -0.05) is 6.42 Å². The van der Waals surface area contributed by atoms with Crippen molar-refractivity contribution < 1.29 is 23.1 Å². The lowest BCUT2D eigenvalue weighted by Gasteiger charge is -2.33. The summed E-state index contributed by atoms with van der Waals surface area (Å²) in [6.07, 6.45) is -3.29. The lowest BCUT2D eigenvalue weighted by atomic mass is 9.99. The van der Waals surface area contributed by atoms with E-state index in [4.69, 9.17) is 5.11 Å². The molecule has 1 heterocycles. The molecule has 3 nitrogen and oxygen atoms in total. The molecule has 82 valence electrons. The Kier molecular flexibility index (Phi) is 3.49. The van der Waals surface area contributed by atoms with Gasteiger partial charge in [0.05, 0.1) is 12.8 Å². The van der Waals surface area contributed by atoms with Crippen LogP contribution in [0.5, 0.6) is 0 Å². The highest BCUT2D eigenvalue weighted by molar-refractivity contribution is 5.89. The highest BCUT2D eigenvalue weighted by atomic mass is 19.4. The number of aliphatic hydroxyl groups is 1. The zero-order valence-corrected chi connectivity index (χ0v) is 7.55. The van der Waals surface area contributed by atoms with E-state index in [0.29, 0.717) is 13.0 Å². The number of nitrogens with zero attached hydrogens (tertiary/aromatic N) is 1. The first-order valence-electron chi connectivity index (χ1n) is 4.42. The van der Waals surface area contributed by atoms with Crippen molar-refractivity contribution in [1.82, 2.24) is 4.90 Å². The van der Waals surface area contributed by atoms with Gasteiger partial charge in [-0.15, -0.1) is 0 Å². The zero-order chi connectivity index (χ0) is 10.8. The molecule has 0 aromatic rings. The number of carbonyl (C=O) groups is 1. The molecule has 0 bridgehead atoms. The van der Waals surface area contributed by atoms with Crippen LogP contribution in [-0.4, -0.2) is 41.3 Å². The average molecular weight is 211 g/mol. The molecule has 0 saturated carbocycles. The number of hydrogen-bond donors (Lipinski definition) is 1. The fraction of sp³-hybridized carbons (Fsp3) is 0.875. The maximum absolute atomic E-state index is 12.1.